The fraction of sp³-hybridized carbons (Fsp3) is 0.579. The maximum Gasteiger partial charge on any atom is 0.224 e. The largest absolute Gasteiger partial charge is 0.342 e. The van der Waals surface area contributed by atoms with Crippen molar-refractivity contribution >= 4 is 35.2 Å². The van der Waals surface area contributed by atoms with Crippen molar-refractivity contribution in [3.05, 3.63) is 35.9 Å². The van der Waals surface area contributed by atoms with Crippen molar-refractivity contribution in [2.45, 2.75) is 37.0 Å². The van der Waals surface area contributed by atoms with Crippen LogP contribution in [0, 0.1) is 0 Å². The van der Waals surface area contributed by atoms with E-state index in [1.807, 2.05) is 34.9 Å². The molecule has 6 heteroatoms. The zero-order valence-electron chi connectivity index (χ0n) is 14.5. The second-order valence-corrected chi connectivity index (χ2v) is 8.48. The normalized spacial score (nSPS) is 19.4. The standard InChI is InChI=1S/C19H25ClN2O2S/c20-11-8-17(23)21-12-9-19(10-13-21)22(14-15-25-19)18(24)7-6-16-4-2-1-3-5-16/h1-5H,6-15H2. The Balaban J connectivity index is 1.57. The lowest BCUT2D eigenvalue weighted by Gasteiger charge is -2.44. The molecule has 3 rings (SSSR count). The zero-order valence-corrected chi connectivity index (χ0v) is 16.0. The molecule has 1 aromatic carbocycles. The van der Waals surface area contributed by atoms with Crippen LogP contribution in [0.4, 0.5) is 0 Å². The molecule has 1 spiro atoms. The molecule has 0 atom stereocenters. The number of piperidine rings is 1. The first-order valence-electron chi connectivity index (χ1n) is 8.97. The summed E-state index contributed by atoms with van der Waals surface area (Å²) in [6.45, 7) is 2.28. The topological polar surface area (TPSA) is 40.6 Å². The van der Waals surface area contributed by atoms with Gasteiger partial charge >= 0.3 is 0 Å². The Bertz CT molecular complexity index is 603. The smallest absolute Gasteiger partial charge is 0.224 e. The van der Waals surface area contributed by atoms with Crippen molar-refractivity contribution < 1.29 is 9.59 Å². The average Bonchev–Trinajstić information content (AvgIpc) is 3.04. The van der Waals surface area contributed by atoms with Gasteiger partial charge in [-0.1, -0.05) is 30.3 Å². The Morgan fingerprint density at radius 2 is 1.76 bits per heavy atom. The monoisotopic (exact) mass is 380 g/mol. The number of nitrogens with zero attached hydrogens (tertiary/aromatic N) is 2. The number of hydrogen-bond donors (Lipinski definition) is 0. The molecule has 0 N–H and O–H groups in total. The molecule has 4 nitrogen and oxygen atoms in total. The highest BCUT2D eigenvalue weighted by atomic mass is 35.5. The number of halogens is 1. The van der Waals surface area contributed by atoms with Gasteiger partial charge in [-0.05, 0) is 24.8 Å². The molecule has 2 aliphatic rings. The minimum absolute atomic E-state index is 0.106. The number of amides is 2. The lowest BCUT2D eigenvalue weighted by Crippen LogP contribution is -2.53. The first-order valence-corrected chi connectivity index (χ1v) is 10.5. The number of carbonyl (C=O) groups is 2. The van der Waals surface area contributed by atoms with Crippen molar-refractivity contribution in [2.24, 2.45) is 0 Å². The number of rotatable bonds is 5. The predicted octanol–water partition coefficient (Wildman–Crippen LogP) is 3.14. The lowest BCUT2D eigenvalue weighted by atomic mass is 10.0. The number of thioether (sulfide) groups is 1. The molecule has 2 amide bonds. The molecule has 0 unspecified atom stereocenters. The van der Waals surface area contributed by atoms with Gasteiger partial charge in [0.1, 0.15) is 0 Å². The quantitative estimate of drug-likeness (QED) is 0.737. The number of benzene rings is 1. The van der Waals surface area contributed by atoms with Crippen LogP contribution in [0.3, 0.4) is 0 Å². The SMILES string of the molecule is O=C(CCCl)N1CCC2(CC1)SCCN2C(=O)CCc1ccccc1. The van der Waals surface area contributed by atoms with E-state index in [4.69, 9.17) is 11.6 Å². The van der Waals surface area contributed by atoms with Crippen LogP contribution in [-0.4, -0.2) is 57.8 Å². The van der Waals surface area contributed by atoms with Gasteiger partial charge in [0.15, 0.2) is 0 Å². The van der Waals surface area contributed by atoms with Gasteiger partial charge in [-0.2, -0.15) is 0 Å². The number of likely N-dealkylation sites (tertiary alicyclic amines) is 1. The third kappa shape index (κ3) is 4.32. The lowest BCUT2D eigenvalue weighted by molar-refractivity contribution is -0.137. The Hall–Kier alpha value is -1.20. The van der Waals surface area contributed by atoms with Crippen LogP contribution in [0.5, 0.6) is 0 Å². The van der Waals surface area contributed by atoms with Gasteiger partial charge in [-0.3, -0.25) is 9.59 Å². The Labute approximate surface area is 158 Å². The van der Waals surface area contributed by atoms with Gasteiger partial charge in [0.25, 0.3) is 0 Å². The Morgan fingerprint density at radius 3 is 2.44 bits per heavy atom. The molecule has 0 saturated carbocycles. The molecule has 2 aliphatic heterocycles. The molecule has 0 aliphatic carbocycles. The maximum absolute atomic E-state index is 12.8. The first kappa shape index (κ1) is 18.6. The summed E-state index contributed by atoms with van der Waals surface area (Å²) in [5.41, 5.74) is 1.21. The zero-order chi connectivity index (χ0) is 17.7. The Kier molecular flexibility index (Phi) is 6.29. The molecule has 2 fully saturated rings. The summed E-state index contributed by atoms with van der Waals surface area (Å²) in [6, 6.07) is 10.2. The highest BCUT2D eigenvalue weighted by Crippen LogP contribution is 2.44. The summed E-state index contributed by atoms with van der Waals surface area (Å²) in [7, 11) is 0. The van der Waals surface area contributed by atoms with Gasteiger partial charge < -0.3 is 9.80 Å². The van der Waals surface area contributed by atoms with Crippen LogP contribution in [0.25, 0.3) is 0 Å². The average molecular weight is 381 g/mol. The van der Waals surface area contributed by atoms with Crippen LogP contribution in [0.2, 0.25) is 0 Å². The molecule has 25 heavy (non-hydrogen) atoms. The van der Waals surface area contributed by atoms with Crippen molar-refractivity contribution in [2.75, 3.05) is 31.3 Å². The second kappa shape index (κ2) is 8.45. The molecule has 136 valence electrons. The van der Waals surface area contributed by atoms with E-state index < -0.39 is 0 Å². The van der Waals surface area contributed by atoms with Crippen LogP contribution in [-0.2, 0) is 16.0 Å². The van der Waals surface area contributed by atoms with Gasteiger partial charge in [0, 0.05) is 44.1 Å². The van der Waals surface area contributed by atoms with E-state index in [1.54, 1.807) is 0 Å². The summed E-state index contributed by atoms with van der Waals surface area (Å²) >= 11 is 7.57. The molecule has 2 heterocycles. The van der Waals surface area contributed by atoms with Crippen molar-refractivity contribution in [1.29, 1.82) is 0 Å². The van der Waals surface area contributed by atoms with Crippen LogP contribution < -0.4 is 0 Å². The maximum atomic E-state index is 12.8. The number of alkyl halides is 1. The highest BCUT2D eigenvalue weighted by molar-refractivity contribution is 8.00. The summed E-state index contributed by atoms with van der Waals surface area (Å²) < 4.78 is 0. The van der Waals surface area contributed by atoms with E-state index in [1.165, 1.54) is 5.56 Å². The fourth-order valence-electron chi connectivity index (χ4n) is 3.75. The molecule has 0 bridgehead atoms. The molecule has 1 aromatic rings. The summed E-state index contributed by atoms with van der Waals surface area (Å²) in [5, 5.41) is 0. The summed E-state index contributed by atoms with van der Waals surface area (Å²) in [5.74, 6) is 1.75. The molecule has 0 radical (unpaired) electrons. The van der Waals surface area contributed by atoms with Crippen LogP contribution in [0.1, 0.15) is 31.2 Å². The Morgan fingerprint density at radius 1 is 1.04 bits per heavy atom. The number of aryl methyl sites for hydroxylation is 1. The van der Waals surface area contributed by atoms with Gasteiger partial charge in [-0.15, -0.1) is 23.4 Å². The van der Waals surface area contributed by atoms with Gasteiger partial charge in [0.2, 0.25) is 11.8 Å². The van der Waals surface area contributed by atoms with Crippen LogP contribution in [0.15, 0.2) is 30.3 Å². The fourth-order valence-corrected chi connectivity index (χ4v) is 5.39. The third-order valence-electron chi connectivity index (χ3n) is 5.15. The molecule has 2 saturated heterocycles. The van der Waals surface area contributed by atoms with Crippen molar-refractivity contribution in [3.63, 3.8) is 0 Å². The van der Waals surface area contributed by atoms with E-state index in [0.29, 0.717) is 18.7 Å². The molecular formula is C19H25ClN2O2S. The van der Waals surface area contributed by atoms with E-state index in [2.05, 4.69) is 17.0 Å². The third-order valence-corrected chi connectivity index (χ3v) is 6.90. The molecular weight excluding hydrogens is 356 g/mol. The van der Waals surface area contributed by atoms with E-state index in [9.17, 15) is 9.59 Å². The van der Waals surface area contributed by atoms with Crippen LogP contribution >= 0.6 is 23.4 Å². The minimum atomic E-state index is -0.106. The van der Waals surface area contributed by atoms with E-state index >= 15 is 0 Å². The number of hydrogen-bond acceptors (Lipinski definition) is 3. The van der Waals surface area contributed by atoms with E-state index in [-0.39, 0.29) is 16.7 Å². The minimum Gasteiger partial charge on any atom is -0.342 e. The van der Waals surface area contributed by atoms with Crippen molar-refractivity contribution in [1.82, 2.24) is 9.80 Å². The highest BCUT2D eigenvalue weighted by Gasteiger charge is 2.46. The van der Waals surface area contributed by atoms with Crippen molar-refractivity contribution in [3.8, 4) is 0 Å². The summed E-state index contributed by atoms with van der Waals surface area (Å²) in [4.78, 5) is 28.7. The summed E-state index contributed by atoms with van der Waals surface area (Å²) in [6.07, 6.45) is 3.48. The van der Waals surface area contributed by atoms with E-state index in [0.717, 1.165) is 44.6 Å². The first-order chi connectivity index (χ1) is 12.1. The predicted molar refractivity (Wildman–Crippen MR) is 103 cm³/mol. The second-order valence-electron chi connectivity index (χ2n) is 6.65. The number of carbonyl (C=O) groups excluding carboxylic acids is 2. The van der Waals surface area contributed by atoms with Gasteiger partial charge in [0.05, 0.1) is 4.87 Å². The van der Waals surface area contributed by atoms with Gasteiger partial charge in [-0.25, -0.2) is 0 Å². The molecule has 0 aromatic heterocycles.